The Labute approximate surface area is 163 Å². The Morgan fingerprint density at radius 3 is 2.59 bits per heavy atom. The molecule has 2 aromatic heterocycles. The summed E-state index contributed by atoms with van der Waals surface area (Å²) in [6, 6.07) is 12.4. The molecule has 0 fully saturated rings. The second kappa shape index (κ2) is 8.11. The Morgan fingerprint density at radius 1 is 1.04 bits per heavy atom. The molecule has 0 unspecified atom stereocenters. The van der Waals surface area contributed by atoms with E-state index in [1.807, 2.05) is 0 Å². The smallest absolute Gasteiger partial charge is 0.305 e. The van der Waals surface area contributed by atoms with Crippen LogP contribution in [-0.2, 0) is 11.3 Å². The number of aromatic nitrogens is 1. The summed E-state index contributed by atoms with van der Waals surface area (Å²) in [5, 5.41) is 0.860. The number of halogens is 2. The molecule has 138 valence electrons. The standard InChI is InChI=1S/C18H13Cl2N3O4/c19-11-4-5-12(13(20)9-11)14-6-7-15(27-14)18(26)22-21-16(24)10-23-8-2-1-3-17(23)25/h1-9H,10H2,(H,21,24)(H,22,26). The van der Waals surface area contributed by atoms with Crippen molar-refractivity contribution >= 4 is 35.0 Å². The highest BCUT2D eigenvalue weighted by molar-refractivity contribution is 6.36. The number of amides is 2. The molecule has 0 saturated heterocycles. The molecule has 0 aliphatic carbocycles. The predicted molar refractivity (Wildman–Crippen MR) is 100 cm³/mol. The van der Waals surface area contributed by atoms with Gasteiger partial charge in [-0.2, -0.15) is 0 Å². The molecule has 3 aromatic rings. The molecule has 9 heteroatoms. The Morgan fingerprint density at radius 2 is 1.85 bits per heavy atom. The van der Waals surface area contributed by atoms with Crippen LogP contribution in [0.15, 0.2) is 63.9 Å². The van der Waals surface area contributed by atoms with E-state index in [1.165, 1.54) is 22.9 Å². The van der Waals surface area contributed by atoms with Crippen molar-refractivity contribution in [1.29, 1.82) is 0 Å². The third-order valence-corrected chi connectivity index (χ3v) is 4.10. The first kappa shape index (κ1) is 18.8. The van der Waals surface area contributed by atoms with Gasteiger partial charge in [-0.1, -0.05) is 29.3 Å². The minimum atomic E-state index is -0.653. The van der Waals surface area contributed by atoms with Gasteiger partial charge in [-0.3, -0.25) is 25.2 Å². The number of hydrazine groups is 1. The first-order valence-corrected chi connectivity index (χ1v) is 8.49. The highest BCUT2D eigenvalue weighted by Crippen LogP contribution is 2.31. The Balaban J connectivity index is 1.62. The second-order valence-electron chi connectivity index (χ2n) is 5.46. The molecule has 0 bridgehead atoms. The number of rotatable bonds is 4. The number of nitrogens with zero attached hydrogens (tertiary/aromatic N) is 1. The number of carbonyl (C=O) groups is 2. The maximum absolute atomic E-state index is 12.1. The van der Waals surface area contributed by atoms with Crippen LogP contribution in [0.25, 0.3) is 11.3 Å². The van der Waals surface area contributed by atoms with Crippen LogP contribution in [0.4, 0.5) is 0 Å². The molecule has 2 heterocycles. The van der Waals surface area contributed by atoms with E-state index in [9.17, 15) is 14.4 Å². The highest BCUT2D eigenvalue weighted by atomic mass is 35.5. The minimum absolute atomic E-state index is 0.0202. The van der Waals surface area contributed by atoms with Crippen molar-refractivity contribution in [2.45, 2.75) is 6.54 Å². The van der Waals surface area contributed by atoms with Gasteiger partial charge in [0.25, 0.3) is 11.5 Å². The van der Waals surface area contributed by atoms with Crippen LogP contribution in [0, 0.1) is 0 Å². The number of nitrogens with one attached hydrogen (secondary N) is 2. The van der Waals surface area contributed by atoms with Crippen LogP contribution in [0.3, 0.4) is 0 Å². The molecule has 27 heavy (non-hydrogen) atoms. The zero-order chi connectivity index (χ0) is 19.4. The van der Waals surface area contributed by atoms with E-state index >= 15 is 0 Å². The van der Waals surface area contributed by atoms with Gasteiger partial charge in [0.2, 0.25) is 0 Å². The molecular weight excluding hydrogens is 393 g/mol. The van der Waals surface area contributed by atoms with Gasteiger partial charge in [0.15, 0.2) is 5.76 Å². The van der Waals surface area contributed by atoms with Gasteiger partial charge >= 0.3 is 5.91 Å². The molecule has 0 aliphatic rings. The first-order chi connectivity index (χ1) is 12.9. The summed E-state index contributed by atoms with van der Waals surface area (Å²) in [7, 11) is 0. The maximum atomic E-state index is 12.1. The second-order valence-corrected chi connectivity index (χ2v) is 6.30. The van der Waals surface area contributed by atoms with E-state index in [-0.39, 0.29) is 17.9 Å². The highest BCUT2D eigenvalue weighted by Gasteiger charge is 2.15. The Kier molecular flexibility index (Phi) is 5.63. The molecule has 0 radical (unpaired) electrons. The Hall–Kier alpha value is -3.03. The quantitative estimate of drug-likeness (QED) is 0.652. The lowest BCUT2D eigenvalue weighted by atomic mass is 10.2. The number of furan rings is 1. The van der Waals surface area contributed by atoms with Crippen molar-refractivity contribution in [1.82, 2.24) is 15.4 Å². The van der Waals surface area contributed by atoms with E-state index in [0.29, 0.717) is 21.4 Å². The Bertz CT molecular complexity index is 1060. The molecule has 0 spiro atoms. The maximum Gasteiger partial charge on any atom is 0.305 e. The molecule has 7 nitrogen and oxygen atoms in total. The van der Waals surface area contributed by atoms with E-state index in [4.69, 9.17) is 27.6 Å². The fourth-order valence-corrected chi connectivity index (χ4v) is 2.77. The average Bonchev–Trinajstić information content (AvgIpc) is 3.11. The number of hydrogen-bond donors (Lipinski definition) is 2. The lowest BCUT2D eigenvalue weighted by molar-refractivity contribution is -0.122. The number of benzene rings is 1. The third-order valence-electron chi connectivity index (χ3n) is 3.55. The van der Waals surface area contributed by atoms with Crippen molar-refractivity contribution in [2.24, 2.45) is 0 Å². The van der Waals surface area contributed by atoms with E-state index in [2.05, 4.69) is 10.9 Å². The molecule has 3 rings (SSSR count). The van der Waals surface area contributed by atoms with Gasteiger partial charge in [-0.25, -0.2) is 0 Å². The van der Waals surface area contributed by atoms with Gasteiger partial charge in [0.1, 0.15) is 12.3 Å². The SMILES string of the molecule is O=C(Cn1ccccc1=O)NNC(=O)c1ccc(-c2ccc(Cl)cc2Cl)o1. The van der Waals surface area contributed by atoms with Crippen molar-refractivity contribution in [3.05, 3.63) is 80.9 Å². The summed E-state index contributed by atoms with van der Waals surface area (Å²) in [4.78, 5) is 35.5. The van der Waals surface area contributed by atoms with Crippen molar-refractivity contribution < 1.29 is 14.0 Å². The van der Waals surface area contributed by atoms with Gasteiger partial charge < -0.3 is 8.98 Å². The first-order valence-electron chi connectivity index (χ1n) is 7.74. The summed E-state index contributed by atoms with van der Waals surface area (Å²) in [6.45, 7) is -0.232. The molecule has 0 atom stereocenters. The van der Waals surface area contributed by atoms with Gasteiger partial charge in [-0.15, -0.1) is 0 Å². The van der Waals surface area contributed by atoms with Crippen LogP contribution < -0.4 is 16.4 Å². The number of hydrogen-bond acceptors (Lipinski definition) is 4. The van der Waals surface area contributed by atoms with Crippen LogP contribution in [0.5, 0.6) is 0 Å². The molecule has 2 amide bonds. The largest absolute Gasteiger partial charge is 0.451 e. The van der Waals surface area contributed by atoms with Crippen molar-refractivity contribution in [3.63, 3.8) is 0 Å². The average molecular weight is 406 g/mol. The van der Waals surface area contributed by atoms with Crippen LogP contribution in [-0.4, -0.2) is 16.4 Å². The monoisotopic (exact) mass is 405 g/mol. The van der Waals surface area contributed by atoms with Gasteiger partial charge in [0, 0.05) is 22.8 Å². The van der Waals surface area contributed by atoms with Crippen LogP contribution in [0.1, 0.15) is 10.6 Å². The summed E-state index contributed by atoms with van der Waals surface area (Å²) in [6.07, 6.45) is 1.47. The summed E-state index contributed by atoms with van der Waals surface area (Å²) >= 11 is 12.0. The molecule has 1 aromatic carbocycles. The summed E-state index contributed by atoms with van der Waals surface area (Å²) < 4.78 is 6.68. The van der Waals surface area contributed by atoms with E-state index < -0.39 is 11.8 Å². The molecule has 2 N–H and O–H groups in total. The third kappa shape index (κ3) is 4.58. The molecule has 0 aliphatic heterocycles. The number of pyridine rings is 1. The van der Waals surface area contributed by atoms with Gasteiger partial charge in [-0.05, 0) is 36.4 Å². The van der Waals surface area contributed by atoms with Crippen LogP contribution in [0.2, 0.25) is 10.0 Å². The summed E-state index contributed by atoms with van der Waals surface area (Å²) in [5.74, 6) is -0.860. The van der Waals surface area contributed by atoms with Gasteiger partial charge in [0.05, 0.1) is 5.02 Å². The normalized spacial score (nSPS) is 10.4. The van der Waals surface area contributed by atoms with Crippen LogP contribution >= 0.6 is 23.2 Å². The zero-order valence-electron chi connectivity index (χ0n) is 13.7. The lowest BCUT2D eigenvalue weighted by Crippen LogP contribution is -2.44. The molecule has 0 saturated carbocycles. The van der Waals surface area contributed by atoms with Crippen molar-refractivity contribution in [2.75, 3.05) is 0 Å². The van der Waals surface area contributed by atoms with Crippen molar-refractivity contribution in [3.8, 4) is 11.3 Å². The number of carbonyl (C=O) groups excluding carboxylic acids is 2. The molecular formula is C18H13Cl2N3O4. The predicted octanol–water partition coefficient (Wildman–Crippen LogP) is 2.88. The topological polar surface area (TPSA) is 93.3 Å². The fourth-order valence-electron chi connectivity index (χ4n) is 2.27. The van der Waals surface area contributed by atoms with E-state index in [1.54, 1.807) is 36.4 Å². The lowest BCUT2D eigenvalue weighted by Gasteiger charge is -2.07. The minimum Gasteiger partial charge on any atom is -0.451 e. The fraction of sp³-hybridized carbons (Fsp3) is 0.0556. The zero-order valence-corrected chi connectivity index (χ0v) is 15.3. The van der Waals surface area contributed by atoms with E-state index in [0.717, 1.165) is 0 Å². The summed E-state index contributed by atoms with van der Waals surface area (Å²) in [5.41, 5.74) is 4.70.